The number of hydrogen-bond acceptors (Lipinski definition) is 0. The number of hydrogen-bond donors (Lipinski definition) is 0. The van der Waals surface area contributed by atoms with Crippen LogP contribution in [0.1, 0.15) is 44.6 Å². The Balaban J connectivity index is 1.81. The minimum absolute atomic E-state index is 0.0355. The summed E-state index contributed by atoms with van der Waals surface area (Å²) in [4.78, 5) is 0. The summed E-state index contributed by atoms with van der Waals surface area (Å²) in [5, 5.41) is 0. The van der Waals surface area contributed by atoms with Crippen LogP contribution in [0.15, 0.2) is 24.3 Å². The van der Waals surface area contributed by atoms with E-state index in [2.05, 4.69) is 6.92 Å². The van der Waals surface area contributed by atoms with Crippen LogP contribution in [-0.4, -0.2) is 0 Å². The van der Waals surface area contributed by atoms with E-state index >= 15 is 0 Å². The molecule has 0 unspecified atom stereocenters. The van der Waals surface area contributed by atoms with Crippen molar-refractivity contribution in [3.8, 4) is 0 Å². The third-order valence-corrected chi connectivity index (χ3v) is 3.92. The first-order chi connectivity index (χ1) is 7.75. The highest BCUT2D eigenvalue weighted by Crippen LogP contribution is 2.31. The highest BCUT2D eigenvalue weighted by atomic mass is 19.1. The highest BCUT2D eigenvalue weighted by molar-refractivity contribution is 5.17. The Morgan fingerprint density at radius 1 is 1.12 bits per heavy atom. The first kappa shape index (κ1) is 11.6. The van der Waals surface area contributed by atoms with Gasteiger partial charge in [-0.2, -0.15) is 0 Å². The molecular weight excluding hydrogens is 199 g/mol. The van der Waals surface area contributed by atoms with Crippen molar-refractivity contribution in [2.45, 2.75) is 45.4 Å². The van der Waals surface area contributed by atoms with Crippen LogP contribution in [0.5, 0.6) is 0 Å². The Morgan fingerprint density at radius 2 is 1.81 bits per heavy atom. The molecule has 0 heterocycles. The maximum absolute atomic E-state index is 13.4. The van der Waals surface area contributed by atoms with Crippen molar-refractivity contribution in [1.82, 2.24) is 0 Å². The molecule has 1 aromatic rings. The van der Waals surface area contributed by atoms with Gasteiger partial charge in [-0.25, -0.2) is 4.39 Å². The van der Waals surface area contributed by atoms with Gasteiger partial charge < -0.3 is 0 Å². The zero-order chi connectivity index (χ0) is 11.4. The monoisotopic (exact) mass is 220 g/mol. The Hall–Kier alpha value is -0.850. The van der Waals surface area contributed by atoms with Crippen LogP contribution in [0.25, 0.3) is 0 Å². The fraction of sp³-hybridized carbons (Fsp3) is 0.600. The van der Waals surface area contributed by atoms with Gasteiger partial charge in [0.25, 0.3) is 0 Å². The molecular formula is C15H21F. The van der Waals surface area contributed by atoms with Crippen LogP contribution in [0.4, 0.5) is 4.39 Å². The molecule has 0 N–H and O–H groups in total. The molecule has 0 saturated heterocycles. The zero-order valence-electron chi connectivity index (χ0n) is 10.1. The van der Waals surface area contributed by atoms with Crippen LogP contribution in [0.3, 0.4) is 0 Å². The summed E-state index contributed by atoms with van der Waals surface area (Å²) in [6, 6.07) is 7.18. The predicted octanol–water partition coefficient (Wildman–Crippen LogP) is 4.58. The fourth-order valence-electron chi connectivity index (χ4n) is 2.68. The Kier molecular flexibility index (Phi) is 3.98. The zero-order valence-corrected chi connectivity index (χ0v) is 10.1. The first-order valence-corrected chi connectivity index (χ1v) is 6.49. The third-order valence-electron chi connectivity index (χ3n) is 3.92. The second kappa shape index (κ2) is 5.47. The molecule has 0 amide bonds. The van der Waals surface area contributed by atoms with Crippen LogP contribution >= 0.6 is 0 Å². The van der Waals surface area contributed by atoms with E-state index in [1.54, 1.807) is 12.1 Å². The van der Waals surface area contributed by atoms with Gasteiger partial charge in [-0.15, -0.1) is 0 Å². The van der Waals surface area contributed by atoms with Crippen LogP contribution < -0.4 is 0 Å². The Morgan fingerprint density at radius 3 is 2.50 bits per heavy atom. The van der Waals surface area contributed by atoms with Crippen LogP contribution in [0.2, 0.25) is 0 Å². The minimum atomic E-state index is -0.0355. The first-order valence-electron chi connectivity index (χ1n) is 6.49. The second-order valence-corrected chi connectivity index (χ2v) is 5.26. The van der Waals surface area contributed by atoms with Gasteiger partial charge in [-0.05, 0) is 36.3 Å². The van der Waals surface area contributed by atoms with Crippen molar-refractivity contribution < 1.29 is 4.39 Å². The maximum atomic E-state index is 13.4. The van der Waals surface area contributed by atoms with E-state index in [1.165, 1.54) is 25.7 Å². The topological polar surface area (TPSA) is 0 Å². The molecule has 0 spiro atoms. The van der Waals surface area contributed by atoms with Crippen molar-refractivity contribution in [2.75, 3.05) is 0 Å². The van der Waals surface area contributed by atoms with Crippen molar-refractivity contribution in [1.29, 1.82) is 0 Å². The normalized spacial score (nSPS) is 25.6. The van der Waals surface area contributed by atoms with Crippen LogP contribution in [0, 0.1) is 17.7 Å². The van der Waals surface area contributed by atoms with Crippen molar-refractivity contribution in [2.24, 2.45) is 11.8 Å². The minimum Gasteiger partial charge on any atom is -0.207 e. The third kappa shape index (κ3) is 3.07. The van der Waals surface area contributed by atoms with Crippen molar-refractivity contribution in [3.63, 3.8) is 0 Å². The lowest BCUT2D eigenvalue weighted by Crippen LogP contribution is -2.13. The smallest absolute Gasteiger partial charge is 0.126 e. The van der Waals surface area contributed by atoms with Gasteiger partial charge in [-0.3, -0.25) is 0 Å². The van der Waals surface area contributed by atoms with E-state index in [-0.39, 0.29) is 5.82 Å². The lowest BCUT2D eigenvalue weighted by Gasteiger charge is -2.26. The maximum Gasteiger partial charge on any atom is 0.126 e. The largest absolute Gasteiger partial charge is 0.207 e. The average Bonchev–Trinajstić information content (AvgIpc) is 2.30. The predicted molar refractivity (Wildman–Crippen MR) is 65.8 cm³/mol. The molecule has 1 fully saturated rings. The van der Waals surface area contributed by atoms with Crippen LogP contribution in [-0.2, 0) is 6.42 Å². The lowest BCUT2D eigenvalue weighted by atomic mass is 9.80. The number of aryl methyl sites for hydroxylation is 1. The summed E-state index contributed by atoms with van der Waals surface area (Å²) in [6.45, 7) is 2.34. The molecule has 1 saturated carbocycles. The van der Waals surface area contributed by atoms with Gasteiger partial charge in [0, 0.05) is 0 Å². The molecule has 16 heavy (non-hydrogen) atoms. The molecule has 0 aliphatic heterocycles. The summed E-state index contributed by atoms with van der Waals surface area (Å²) in [5.41, 5.74) is 0.890. The Bertz CT molecular complexity index is 324. The van der Waals surface area contributed by atoms with E-state index in [9.17, 15) is 4.39 Å². The van der Waals surface area contributed by atoms with Gasteiger partial charge in [0.2, 0.25) is 0 Å². The summed E-state index contributed by atoms with van der Waals surface area (Å²) in [5.74, 6) is 1.70. The van der Waals surface area contributed by atoms with Gasteiger partial charge >= 0.3 is 0 Å². The standard InChI is InChI=1S/C15H21F/c1-12-6-8-13(9-7-12)10-11-14-4-2-3-5-15(14)16/h2-5,12-13H,6-11H2,1H3. The SMILES string of the molecule is CC1CCC(CCc2ccccc2F)CC1. The average molecular weight is 220 g/mol. The van der Waals surface area contributed by atoms with Gasteiger partial charge in [0.15, 0.2) is 0 Å². The molecule has 88 valence electrons. The quantitative estimate of drug-likeness (QED) is 0.699. The fourth-order valence-corrected chi connectivity index (χ4v) is 2.68. The molecule has 1 aliphatic carbocycles. The molecule has 0 radical (unpaired) electrons. The van der Waals surface area contributed by atoms with Crippen molar-refractivity contribution >= 4 is 0 Å². The van der Waals surface area contributed by atoms with Gasteiger partial charge in [0.1, 0.15) is 5.82 Å². The molecule has 0 atom stereocenters. The van der Waals surface area contributed by atoms with Crippen molar-refractivity contribution in [3.05, 3.63) is 35.6 Å². The Labute approximate surface area is 97.9 Å². The summed E-state index contributed by atoms with van der Waals surface area (Å²) in [7, 11) is 0. The summed E-state index contributed by atoms with van der Waals surface area (Å²) in [6.07, 6.45) is 7.48. The molecule has 1 aromatic carbocycles. The van der Waals surface area contributed by atoms with E-state index in [0.29, 0.717) is 0 Å². The van der Waals surface area contributed by atoms with E-state index < -0.39 is 0 Å². The molecule has 0 nitrogen and oxygen atoms in total. The van der Waals surface area contributed by atoms with E-state index in [4.69, 9.17) is 0 Å². The number of halogens is 1. The number of rotatable bonds is 3. The second-order valence-electron chi connectivity index (χ2n) is 5.26. The molecule has 0 bridgehead atoms. The molecule has 2 rings (SSSR count). The molecule has 1 aliphatic rings. The summed E-state index contributed by atoms with van der Waals surface area (Å²) >= 11 is 0. The molecule has 0 aromatic heterocycles. The van der Waals surface area contributed by atoms with E-state index in [1.807, 2.05) is 12.1 Å². The highest BCUT2D eigenvalue weighted by Gasteiger charge is 2.18. The number of benzene rings is 1. The molecule has 1 heteroatoms. The van der Waals surface area contributed by atoms with E-state index in [0.717, 1.165) is 30.2 Å². The van der Waals surface area contributed by atoms with Gasteiger partial charge in [-0.1, -0.05) is 50.8 Å². The lowest BCUT2D eigenvalue weighted by molar-refractivity contribution is 0.277. The summed E-state index contributed by atoms with van der Waals surface area (Å²) < 4.78 is 13.4. The van der Waals surface area contributed by atoms with Gasteiger partial charge in [0.05, 0.1) is 0 Å².